The van der Waals surface area contributed by atoms with E-state index in [4.69, 9.17) is 32.7 Å². The molecule has 0 fully saturated rings. The van der Waals surface area contributed by atoms with Gasteiger partial charge in [-0.25, -0.2) is 4.98 Å². The lowest BCUT2D eigenvalue weighted by molar-refractivity contribution is 0.267. The summed E-state index contributed by atoms with van der Waals surface area (Å²) in [6.45, 7) is 0.516. The highest BCUT2D eigenvalue weighted by Gasteiger charge is 2.13. The van der Waals surface area contributed by atoms with E-state index >= 15 is 0 Å². The van der Waals surface area contributed by atoms with Crippen molar-refractivity contribution in [2.45, 2.75) is 6.54 Å². The van der Waals surface area contributed by atoms with Gasteiger partial charge in [-0.1, -0.05) is 29.3 Å². The van der Waals surface area contributed by atoms with Gasteiger partial charge in [0.05, 0.1) is 35.0 Å². The molecule has 0 spiro atoms. The molecule has 9 heteroatoms. The zero-order chi connectivity index (χ0) is 21.5. The number of allylic oxidation sites excluding steroid dienone is 1. The summed E-state index contributed by atoms with van der Waals surface area (Å²) in [5.41, 5.74) is 0.926. The molecule has 0 radical (unpaired) electrons. The molecule has 0 saturated heterocycles. The lowest BCUT2D eigenvalue weighted by Gasteiger charge is -2.12. The maximum Gasteiger partial charge on any atom is 0.257 e. The van der Waals surface area contributed by atoms with Gasteiger partial charge in [0.15, 0.2) is 5.75 Å². The van der Waals surface area contributed by atoms with Crippen LogP contribution in [0.25, 0.3) is 11.6 Å². The zero-order valence-electron chi connectivity index (χ0n) is 15.9. The predicted octanol–water partition coefficient (Wildman–Crippen LogP) is 4.10. The lowest BCUT2D eigenvalue weighted by atomic mass is 10.1. The first-order chi connectivity index (χ1) is 14.5. The van der Waals surface area contributed by atoms with Crippen LogP contribution < -0.4 is 15.0 Å². The maximum atomic E-state index is 11.8. The van der Waals surface area contributed by atoms with Crippen LogP contribution in [0.2, 0.25) is 10.0 Å². The molecule has 152 valence electrons. The van der Waals surface area contributed by atoms with Gasteiger partial charge in [0.2, 0.25) is 0 Å². The van der Waals surface area contributed by atoms with Crippen molar-refractivity contribution in [1.29, 1.82) is 5.26 Å². The number of nitrogens with zero attached hydrogens (tertiary/aromatic N) is 4. The Bertz CT molecular complexity index is 1170. The molecule has 0 aliphatic rings. The molecule has 7 nitrogen and oxygen atoms in total. The SMILES string of the molecule is COc1ccc(/C(C#N)=C/c2c(Cl)cncc2Cl)nc1OCCn1ccccc1=O. The summed E-state index contributed by atoms with van der Waals surface area (Å²) in [6, 6.07) is 10.3. The van der Waals surface area contributed by atoms with Gasteiger partial charge < -0.3 is 14.0 Å². The third kappa shape index (κ3) is 4.98. The Morgan fingerprint density at radius 2 is 2.00 bits per heavy atom. The number of hydrogen-bond donors (Lipinski definition) is 0. The summed E-state index contributed by atoms with van der Waals surface area (Å²) in [6.07, 6.45) is 6.09. The molecular weight excluding hydrogens is 427 g/mol. The fraction of sp³-hybridized carbons (Fsp3) is 0.143. The molecule has 0 aliphatic heterocycles. The van der Waals surface area contributed by atoms with Crippen molar-refractivity contribution in [3.8, 4) is 17.7 Å². The molecule has 3 rings (SSSR count). The van der Waals surface area contributed by atoms with Crippen LogP contribution in [-0.2, 0) is 6.54 Å². The predicted molar refractivity (Wildman–Crippen MR) is 115 cm³/mol. The van der Waals surface area contributed by atoms with E-state index in [1.807, 2.05) is 0 Å². The fourth-order valence-corrected chi connectivity index (χ4v) is 3.06. The molecule has 30 heavy (non-hydrogen) atoms. The van der Waals surface area contributed by atoms with Gasteiger partial charge >= 0.3 is 0 Å². The molecule has 0 bridgehead atoms. The topological polar surface area (TPSA) is 90.0 Å². The van der Waals surface area contributed by atoms with E-state index in [1.54, 1.807) is 30.5 Å². The quantitative estimate of drug-likeness (QED) is 0.511. The van der Waals surface area contributed by atoms with Crippen molar-refractivity contribution >= 4 is 34.9 Å². The van der Waals surface area contributed by atoms with Crippen molar-refractivity contribution in [3.63, 3.8) is 0 Å². The monoisotopic (exact) mass is 442 g/mol. The number of rotatable bonds is 7. The van der Waals surface area contributed by atoms with Crippen molar-refractivity contribution < 1.29 is 9.47 Å². The second-order valence-electron chi connectivity index (χ2n) is 5.97. The van der Waals surface area contributed by atoms with Crippen LogP contribution in [0.1, 0.15) is 11.3 Å². The Labute approximate surface area is 182 Å². The van der Waals surface area contributed by atoms with E-state index in [-0.39, 0.29) is 23.6 Å². The normalized spacial score (nSPS) is 11.1. The summed E-state index contributed by atoms with van der Waals surface area (Å²) in [5.74, 6) is 0.600. The Hall–Kier alpha value is -3.34. The van der Waals surface area contributed by atoms with E-state index in [9.17, 15) is 10.1 Å². The number of methoxy groups -OCH3 is 1. The van der Waals surface area contributed by atoms with E-state index in [2.05, 4.69) is 16.0 Å². The molecular formula is C21H16Cl2N4O3. The number of ether oxygens (including phenoxy) is 2. The van der Waals surface area contributed by atoms with E-state index < -0.39 is 0 Å². The minimum Gasteiger partial charge on any atom is -0.491 e. The molecule has 0 atom stereocenters. The van der Waals surface area contributed by atoms with Gasteiger partial charge in [-0.05, 0) is 24.3 Å². The number of halogens is 2. The zero-order valence-corrected chi connectivity index (χ0v) is 17.4. The highest BCUT2D eigenvalue weighted by molar-refractivity contribution is 6.37. The standard InChI is InChI=1S/C21H16Cl2N4O3/c1-29-19-6-5-18(14(11-24)10-15-16(22)12-25-13-17(15)23)26-21(19)30-9-8-27-7-3-2-4-20(27)28/h2-7,10,12-13H,8-9H2,1H3/b14-10+. The van der Waals surface area contributed by atoms with Gasteiger partial charge in [-0.3, -0.25) is 9.78 Å². The Balaban J connectivity index is 1.87. The summed E-state index contributed by atoms with van der Waals surface area (Å²) < 4.78 is 12.5. The van der Waals surface area contributed by atoms with Gasteiger partial charge in [-0.2, -0.15) is 5.26 Å². The third-order valence-electron chi connectivity index (χ3n) is 4.09. The van der Waals surface area contributed by atoms with Crippen molar-refractivity contribution in [2.75, 3.05) is 13.7 Å². The van der Waals surface area contributed by atoms with Crippen LogP contribution >= 0.6 is 23.2 Å². The van der Waals surface area contributed by atoms with Crippen LogP contribution in [0.3, 0.4) is 0 Å². The number of nitriles is 1. The lowest BCUT2D eigenvalue weighted by Crippen LogP contribution is -2.21. The minimum atomic E-state index is -0.129. The van der Waals surface area contributed by atoms with E-state index in [0.717, 1.165) is 0 Å². The number of aromatic nitrogens is 3. The molecule has 0 aliphatic carbocycles. The van der Waals surface area contributed by atoms with Crippen LogP contribution in [0.5, 0.6) is 11.6 Å². The van der Waals surface area contributed by atoms with Crippen LogP contribution in [-0.4, -0.2) is 28.3 Å². The number of pyridine rings is 3. The smallest absolute Gasteiger partial charge is 0.257 e. The Kier molecular flexibility index (Phi) is 7.07. The largest absolute Gasteiger partial charge is 0.491 e. The molecule has 0 N–H and O–H groups in total. The highest BCUT2D eigenvalue weighted by Crippen LogP contribution is 2.30. The summed E-state index contributed by atoms with van der Waals surface area (Å²) in [4.78, 5) is 20.1. The minimum absolute atomic E-state index is 0.129. The van der Waals surface area contributed by atoms with Gasteiger partial charge in [0, 0.05) is 30.2 Å². The van der Waals surface area contributed by atoms with Crippen molar-refractivity contribution in [3.05, 3.63) is 80.6 Å². The van der Waals surface area contributed by atoms with Gasteiger partial charge in [-0.15, -0.1) is 0 Å². The first kappa shape index (κ1) is 21.4. The average molecular weight is 443 g/mol. The molecule has 3 aromatic heterocycles. The molecule has 0 unspecified atom stereocenters. The Morgan fingerprint density at radius 3 is 2.67 bits per heavy atom. The van der Waals surface area contributed by atoms with Crippen molar-refractivity contribution in [2.24, 2.45) is 0 Å². The molecule has 3 heterocycles. The van der Waals surface area contributed by atoms with Crippen LogP contribution in [0.15, 0.2) is 53.7 Å². The van der Waals surface area contributed by atoms with Crippen LogP contribution in [0, 0.1) is 11.3 Å². The first-order valence-corrected chi connectivity index (χ1v) is 9.53. The highest BCUT2D eigenvalue weighted by atomic mass is 35.5. The average Bonchev–Trinajstić information content (AvgIpc) is 2.75. The maximum absolute atomic E-state index is 11.8. The summed E-state index contributed by atoms with van der Waals surface area (Å²) in [7, 11) is 1.49. The molecule has 0 aromatic carbocycles. The molecule has 0 saturated carbocycles. The summed E-state index contributed by atoms with van der Waals surface area (Å²) >= 11 is 12.3. The van der Waals surface area contributed by atoms with Gasteiger partial charge in [0.1, 0.15) is 12.7 Å². The van der Waals surface area contributed by atoms with Crippen LogP contribution in [0.4, 0.5) is 0 Å². The second kappa shape index (κ2) is 9.92. The molecule has 3 aromatic rings. The van der Waals surface area contributed by atoms with E-state index in [1.165, 1.54) is 36.2 Å². The fourth-order valence-electron chi connectivity index (χ4n) is 2.59. The Morgan fingerprint density at radius 1 is 1.23 bits per heavy atom. The first-order valence-electron chi connectivity index (χ1n) is 8.78. The second-order valence-corrected chi connectivity index (χ2v) is 6.79. The number of hydrogen-bond acceptors (Lipinski definition) is 6. The summed E-state index contributed by atoms with van der Waals surface area (Å²) in [5, 5.41) is 10.3. The van der Waals surface area contributed by atoms with Crippen molar-refractivity contribution in [1.82, 2.24) is 14.5 Å². The van der Waals surface area contributed by atoms with E-state index in [0.29, 0.717) is 33.6 Å². The molecule has 0 amide bonds. The third-order valence-corrected chi connectivity index (χ3v) is 4.69. The van der Waals surface area contributed by atoms with Gasteiger partial charge in [0.25, 0.3) is 11.4 Å².